The maximum absolute atomic E-state index is 13.1. The smallest absolute Gasteiger partial charge is 0.335 e. The van der Waals surface area contributed by atoms with E-state index >= 15 is 0 Å². The molecule has 3 aliphatic heterocycles. The van der Waals surface area contributed by atoms with Gasteiger partial charge in [0.25, 0.3) is 0 Å². The SMILES string of the molecule is CCOP(=O)(Cc1cccc(OCC2O[C@@H](n3ncc4c(N5CC6(CCCCC6)C5)nc(Cl)nc43)[C@@H]3OC(C)(C)O[C@H]23)c1)OCC. The van der Waals surface area contributed by atoms with Crippen molar-refractivity contribution in [2.45, 2.75) is 96.3 Å². The fraction of sp³-hybridized carbons (Fsp3) is 0.656. The summed E-state index contributed by atoms with van der Waals surface area (Å²) in [7, 11) is -3.26. The molecule has 7 rings (SSSR count). The molecule has 0 bridgehead atoms. The van der Waals surface area contributed by atoms with Gasteiger partial charge in [0.1, 0.15) is 36.5 Å². The molecule has 250 valence electrons. The molecule has 1 saturated carbocycles. The average Bonchev–Trinajstić information content (AvgIpc) is 3.65. The Morgan fingerprint density at radius 1 is 1.04 bits per heavy atom. The Kier molecular flexibility index (Phi) is 8.84. The molecule has 3 aromatic rings. The van der Waals surface area contributed by atoms with E-state index in [0.29, 0.717) is 30.0 Å². The number of aromatic nitrogens is 4. The highest BCUT2D eigenvalue weighted by Crippen LogP contribution is 2.52. The Balaban J connectivity index is 1.09. The van der Waals surface area contributed by atoms with E-state index < -0.39 is 37.9 Å². The van der Waals surface area contributed by atoms with Crippen LogP contribution in [0.3, 0.4) is 0 Å². The van der Waals surface area contributed by atoms with Gasteiger partial charge in [0.05, 0.1) is 31.0 Å². The molecule has 3 saturated heterocycles. The second kappa shape index (κ2) is 12.6. The Bertz CT molecular complexity index is 1600. The van der Waals surface area contributed by atoms with Crippen molar-refractivity contribution >= 4 is 36.0 Å². The van der Waals surface area contributed by atoms with Crippen LogP contribution in [0.5, 0.6) is 5.75 Å². The minimum atomic E-state index is -3.26. The third kappa shape index (κ3) is 6.30. The minimum Gasteiger partial charge on any atom is -0.491 e. The van der Waals surface area contributed by atoms with E-state index in [4.69, 9.17) is 44.7 Å². The Hall–Kier alpha value is -2.31. The van der Waals surface area contributed by atoms with Crippen molar-refractivity contribution in [1.29, 1.82) is 0 Å². The zero-order chi connectivity index (χ0) is 32.1. The van der Waals surface area contributed by atoms with Crippen molar-refractivity contribution in [3.05, 3.63) is 41.3 Å². The molecule has 4 aliphatic rings. The molecule has 4 fully saturated rings. The van der Waals surface area contributed by atoms with Crippen LogP contribution in [-0.4, -0.2) is 76.8 Å². The molecule has 0 radical (unpaired) electrons. The molecule has 1 aromatic carbocycles. The molecule has 1 spiro atoms. The third-order valence-corrected chi connectivity index (χ3v) is 11.6. The average molecular weight is 676 g/mol. The van der Waals surface area contributed by atoms with Gasteiger partial charge in [0.15, 0.2) is 17.7 Å². The summed E-state index contributed by atoms with van der Waals surface area (Å²) in [5.41, 5.74) is 1.78. The standard InChI is InChI=1S/C32H43ClN5O7P/c1-5-41-46(39,42-6-2)18-21-11-10-12-22(15-21)40-17-24-25-26(45-31(3,4)44-25)29(43-24)38-28-23(16-34-38)27(35-30(33)36-28)37-19-32(20-37)13-8-7-9-14-32/h10-12,15-16,24-26,29H,5-9,13-14,17-20H2,1-4H3/t24?,25-,26-,29-/m1/s1. The molecular weight excluding hydrogens is 633 g/mol. The highest BCUT2D eigenvalue weighted by Gasteiger charge is 2.57. The molecule has 5 heterocycles. The van der Waals surface area contributed by atoms with Crippen molar-refractivity contribution in [1.82, 2.24) is 19.7 Å². The molecule has 0 amide bonds. The number of halogens is 1. The van der Waals surface area contributed by atoms with E-state index in [9.17, 15) is 4.57 Å². The molecule has 4 atom stereocenters. The molecule has 12 nitrogen and oxygen atoms in total. The van der Waals surface area contributed by atoms with Crippen LogP contribution in [0.4, 0.5) is 5.82 Å². The number of hydrogen-bond donors (Lipinski definition) is 0. The van der Waals surface area contributed by atoms with E-state index in [2.05, 4.69) is 14.9 Å². The maximum atomic E-state index is 13.1. The van der Waals surface area contributed by atoms with Gasteiger partial charge in [-0.2, -0.15) is 15.1 Å². The number of rotatable bonds is 11. The van der Waals surface area contributed by atoms with Crippen LogP contribution in [0.25, 0.3) is 11.0 Å². The summed E-state index contributed by atoms with van der Waals surface area (Å²) >= 11 is 6.51. The number of hydrogen-bond acceptors (Lipinski definition) is 11. The van der Waals surface area contributed by atoms with Crippen molar-refractivity contribution in [2.75, 3.05) is 37.8 Å². The lowest BCUT2D eigenvalue weighted by Gasteiger charge is -2.53. The first-order valence-corrected chi connectivity index (χ1v) is 18.5. The monoisotopic (exact) mass is 675 g/mol. The van der Waals surface area contributed by atoms with Crippen LogP contribution in [-0.2, 0) is 34.0 Å². The Labute approximate surface area is 274 Å². The molecule has 1 unspecified atom stereocenters. The van der Waals surface area contributed by atoms with Gasteiger partial charge >= 0.3 is 7.60 Å². The van der Waals surface area contributed by atoms with Crippen LogP contribution in [0.1, 0.15) is 71.6 Å². The summed E-state index contributed by atoms with van der Waals surface area (Å²) in [4.78, 5) is 11.5. The lowest BCUT2D eigenvalue weighted by Crippen LogP contribution is -2.57. The quantitative estimate of drug-likeness (QED) is 0.163. The lowest BCUT2D eigenvalue weighted by molar-refractivity contribution is -0.200. The summed E-state index contributed by atoms with van der Waals surface area (Å²) in [6, 6.07) is 7.44. The zero-order valence-electron chi connectivity index (χ0n) is 26.9. The summed E-state index contributed by atoms with van der Waals surface area (Å²) in [6.45, 7) is 10.1. The first kappa shape index (κ1) is 32.2. The van der Waals surface area contributed by atoms with Gasteiger partial charge in [0.2, 0.25) is 5.28 Å². The van der Waals surface area contributed by atoms with Gasteiger partial charge in [-0.05, 0) is 69.8 Å². The van der Waals surface area contributed by atoms with Crippen LogP contribution in [0.15, 0.2) is 30.5 Å². The van der Waals surface area contributed by atoms with Gasteiger partial charge in [0, 0.05) is 18.5 Å². The third-order valence-electron chi connectivity index (χ3n) is 9.38. The molecule has 2 aromatic heterocycles. The van der Waals surface area contributed by atoms with E-state index in [0.717, 1.165) is 29.9 Å². The first-order chi connectivity index (χ1) is 22.1. The van der Waals surface area contributed by atoms with E-state index in [-0.39, 0.29) is 18.1 Å². The van der Waals surface area contributed by atoms with Crippen molar-refractivity contribution in [3.8, 4) is 5.75 Å². The number of fused-ring (bicyclic) bond motifs is 2. The van der Waals surface area contributed by atoms with Gasteiger partial charge in [-0.3, -0.25) is 4.57 Å². The molecule has 14 heteroatoms. The van der Waals surface area contributed by atoms with Gasteiger partial charge in [-0.25, -0.2) is 4.68 Å². The molecule has 46 heavy (non-hydrogen) atoms. The topological polar surface area (TPSA) is 119 Å². The maximum Gasteiger partial charge on any atom is 0.335 e. The van der Waals surface area contributed by atoms with Crippen LogP contribution < -0.4 is 9.64 Å². The Morgan fingerprint density at radius 3 is 2.52 bits per heavy atom. The van der Waals surface area contributed by atoms with Crippen LogP contribution in [0.2, 0.25) is 5.28 Å². The van der Waals surface area contributed by atoms with E-state index in [1.54, 1.807) is 24.7 Å². The largest absolute Gasteiger partial charge is 0.491 e. The second-order valence-electron chi connectivity index (χ2n) is 13.3. The van der Waals surface area contributed by atoms with Crippen molar-refractivity contribution in [2.24, 2.45) is 5.41 Å². The van der Waals surface area contributed by atoms with E-state index in [1.807, 2.05) is 38.1 Å². The van der Waals surface area contributed by atoms with Gasteiger partial charge < -0.3 is 32.9 Å². The van der Waals surface area contributed by atoms with Gasteiger partial charge in [-0.1, -0.05) is 31.4 Å². The lowest BCUT2D eigenvalue weighted by atomic mass is 9.68. The van der Waals surface area contributed by atoms with Gasteiger partial charge in [-0.15, -0.1) is 0 Å². The number of ether oxygens (including phenoxy) is 4. The summed E-state index contributed by atoms with van der Waals surface area (Å²) in [5.74, 6) is 0.605. The van der Waals surface area contributed by atoms with Crippen LogP contribution >= 0.6 is 19.2 Å². The summed E-state index contributed by atoms with van der Waals surface area (Å²) in [6.07, 6.45) is 6.48. The number of benzene rings is 1. The molecule has 1 aliphatic carbocycles. The van der Waals surface area contributed by atoms with Crippen molar-refractivity contribution in [3.63, 3.8) is 0 Å². The predicted molar refractivity (Wildman–Crippen MR) is 172 cm³/mol. The van der Waals surface area contributed by atoms with E-state index in [1.165, 1.54) is 32.1 Å². The first-order valence-electron chi connectivity index (χ1n) is 16.4. The van der Waals surface area contributed by atoms with Crippen LogP contribution in [0, 0.1) is 5.41 Å². The summed E-state index contributed by atoms with van der Waals surface area (Å²) in [5, 5.41) is 5.74. The summed E-state index contributed by atoms with van der Waals surface area (Å²) < 4.78 is 51.3. The Morgan fingerprint density at radius 2 is 1.78 bits per heavy atom. The fourth-order valence-corrected chi connectivity index (χ4v) is 9.34. The normalized spacial score (nSPS) is 26.8. The molecular formula is C32H43ClN5O7P. The zero-order valence-corrected chi connectivity index (χ0v) is 28.5. The highest BCUT2D eigenvalue weighted by molar-refractivity contribution is 7.53. The fourth-order valence-electron chi connectivity index (χ4n) is 7.49. The number of nitrogens with zero attached hydrogens (tertiary/aromatic N) is 5. The number of anilines is 1. The molecule has 0 N–H and O–H groups in total. The predicted octanol–water partition coefficient (Wildman–Crippen LogP) is 6.51. The highest BCUT2D eigenvalue weighted by atomic mass is 35.5. The second-order valence-corrected chi connectivity index (χ2v) is 15.6. The minimum absolute atomic E-state index is 0.154. The van der Waals surface area contributed by atoms with Crippen molar-refractivity contribution < 1.29 is 32.6 Å².